The molecule has 0 amide bonds. The van der Waals surface area contributed by atoms with Gasteiger partial charge in [-0.2, -0.15) is 5.10 Å². The number of carbonyl (C=O) groups is 1. The van der Waals surface area contributed by atoms with Crippen molar-refractivity contribution >= 4 is 41.1 Å². The molecule has 0 spiro atoms. The summed E-state index contributed by atoms with van der Waals surface area (Å²) < 4.78 is 10.2. The Kier molecular flexibility index (Phi) is 6.01. The molecule has 0 radical (unpaired) electrons. The van der Waals surface area contributed by atoms with E-state index >= 15 is 0 Å². The highest BCUT2D eigenvalue weighted by molar-refractivity contribution is 7.80. The summed E-state index contributed by atoms with van der Waals surface area (Å²) in [4.78, 5) is 10.5. The van der Waals surface area contributed by atoms with Gasteiger partial charge in [-0.3, -0.25) is 5.43 Å². The molecule has 0 saturated carbocycles. The molecular weight excluding hydrogens is 306 g/mol. The standard InChI is InChI=1S/C11H12ClN3O4S/c1-18-8-3-6(4-14-15-11(13)20)2-7(12)10(8)19-5-9(16)17/h2-4H,5H2,1H3,(H,16,17)(H3,13,15,20). The molecular formula is C11H12ClN3O4S. The number of thiocarbonyl (C=S) groups is 1. The van der Waals surface area contributed by atoms with Crippen LogP contribution in [0.5, 0.6) is 11.5 Å². The van der Waals surface area contributed by atoms with Crippen LogP contribution in [-0.4, -0.2) is 36.1 Å². The van der Waals surface area contributed by atoms with Gasteiger partial charge in [0.1, 0.15) is 0 Å². The second-order valence-electron chi connectivity index (χ2n) is 3.45. The van der Waals surface area contributed by atoms with Crippen molar-refractivity contribution in [2.24, 2.45) is 10.8 Å². The minimum atomic E-state index is -1.12. The Labute approximate surface area is 125 Å². The minimum absolute atomic E-state index is 0.0284. The van der Waals surface area contributed by atoms with Gasteiger partial charge in [-0.1, -0.05) is 11.6 Å². The number of benzene rings is 1. The van der Waals surface area contributed by atoms with E-state index in [0.717, 1.165) is 0 Å². The van der Waals surface area contributed by atoms with Crippen molar-refractivity contribution in [3.63, 3.8) is 0 Å². The largest absolute Gasteiger partial charge is 0.493 e. The summed E-state index contributed by atoms with van der Waals surface area (Å²) in [6.07, 6.45) is 1.43. The summed E-state index contributed by atoms with van der Waals surface area (Å²) in [5, 5.41) is 12.6. The van der Waals surface area contributed by atoms with Gasteiger partial charge < -0.3 is 20.3 Å². The van der Waals surface area contributed by atoms with E-state index in [-0.39, 0.29) is 21.6 Å². The van der Waals surface area contributed by atoms with Crippen LogP contribution in [0.4, 0.5) is 0 Å². The maximum Gasteiger partial charge on any atom is 0.341 e. The van der Waals surface area contributed by atoms with E-state index in [0.29, 0.717) is 5.56 Å². The Morgan fingerprint density at radius 3 is 2.90 bits per heavy atom. The summed E-state index contributed by atoms with van der Waals surface area (Å²) in [6.45, 7) is -0.521. The zero-order chi connectivity index (χ0) is 15.1. The third-order valence-corrected chi connectivity index (χ3v) is 2.35. The molecule has 0 atom stereocenters. The van der Waals surface area contributed by atoms with Crippen molar-refractivity contribution in [1.29, 1.82) is 0 Å². The lowest BCUT2D eigenvalue weighted by atomic mass is 10.2. The minimum Gasteiger partial charge on any atom is -0.493 e. The van der Waals surface area contributed by atoms with Crippen LogP contribution in [0, 0.1) is 0 Å². The quantitative estimate of drug-likeness (QED) is 0.408. The van der Waals surface area contributed by atoms with Gasteiger partial charge in [0.2, 0.25) is 0 Å². The van der Waals surface area contributed by atoms with Crippen LogP contribution in [0.2, 0.25) is 5.02 Å². The van der Waals surface area contributed by atoms with E-state index in [2.05, 4.69) is 22.7 Å². The van der Waals surface area contributed by atoms with E-state index in [9.17, 15) is 4.79 Å². The van der Waals surface area contributed by atoms with E-state index in [4.69, 9.17) is 31.9 Å². The lowest BCUT2D eigenvalue weighted by Gasteiger charge is -2.11. The second-order valence-corrected chi connectivity index (χ2v) is 4.30. The molecule has 9 heteroatoms. The summed E-state index contributed by atoms with van der Waals surface area (Å²) in [7, 11) is 1.41. The summed E-state index contributed by atoms with van der Waals surface area (Å²) in [5.74, 6) is -0.680. The number of hydrazone groups is 1. The predicted molar refractivity (Wildman–Crippen MR) is 78.6 cm³/mol. The van der Waals surface area contributed by atoms with Crippen LogP contribution in [0.3, 0.4) is 0 Å². The highest BCUT2D eigenvalue weighted by Crippen LogP contribution is 2.35. The van der Waals surface area contributed by atoms with E-state index in [1.54, 1.807) is 6.07 Å². The third-order valence-electron chi connectivity index (χ3n) is 1.98. The van der Waals surface area contributed by atoms with Gasteiger partial charge in [-0.05, 0) is 29.9 Å². The van der Waals surface area contributed by atoms with E-state index < -0.39 is 12.6 Å². The van der Waals surface area contributed by atoms with Crippen LogP contribution < -0.4 is 20.6 Å². The monoisotopic (exact) mass is 317 g/mol. The first kappa shape index (κ1) is 16.0. The zero-order valence-corrected chi connectivity index (χ0v) is 12.0. The molecule has 0 unspecified atom stereocenters. The summed E-state index contributed by atoms with van der Waals surface area (Å²) in [6, 6.07) is 3.11. The number of aliphatic carboxylic acids is 1. The maximum absolute atomic E-state index is 10.5. The Morgan fingerprint density at radius 1 is 1.65 bits per heavy atom. The van der Waals surface area contributed by atoms with Gasteiger partial charge in [-0.25, -0.2) is 4.79 Å². The van der Waals surface area contributed by atoms with E-state index in [1.807, 2.05) is 0 Å². The molecule has 0 heterocycles. The third kappa shape index (κ3) is 4.90. The van der Waals surface area contributed by atoms with Gasteiger partial charge >= 0.3 is 5.97 Å². The number of methoxy groups -OCH3 is 1. The molecule has 7 nitrogen and oxygen atoms in total. The number of halogens is 1. The molecule has 0 bridgehead atoms. The molecule has 20 heavy (non-hydrogen) atoms. The van der Waals surface area contributed by atoms with Gasteiger partial charge in [0, 0.05) is 0 Å². The van der Waals surface area contributed by atoms with Crippen molar-refractivity contribution in [1.82, 2.24) is 5.43 Å². The van der Waals surface area contributed by atoms with E-state index in [1.165, 1.54) is 19.4 Å². The zero-order valence-electron chi connectivity index (χ0n) is 10.4. The Balaban J connectivity index is 2.97. The first-order valence-electron chi connectivity index (χ1n) is 5.24. The average Bonchev–Trinajstić information content (AvgIpc) is 2.36. The van der Waals surface area contributed by atoms with Crippen LogP contribution in [0.25, 0.3) is 0 Å². The van der Waals surface area contributed by atoms with Crippen LogP contribution in [0.1, 0.15) is 5.56 Å². The first-order valence-corrected chi connectivity index (χ1v) is 6.03. The molecule has 0 saturated heterocycles. The van der Waals surface area contributed by atoms with Crippen molar-refractivity contribution in [2.45, 2.75) is 0 Å². The molecule has 4 N–H and O–H groups in total. The second kappa shape index (κ2) is 7.51. The number of nitrogens with two attached hydrogens (primary N) is 1. The lowest BCUT2D eigenvalue weighted by molar-refractivity contribution is -0.139. The molecule has 0 fully saturated rings. The number of rotatable bonds is 6. The molecule has 1 rings (SSSR count). The fraction of sp³-hybridized carbons (Fsp3) is 0.182. The highest BCUT2D eigenvalue weighted by atomic mass is 35.5. The average molecular weight is 318 g/mol. The lowest BCUT2D eigenvalue weighted by Crippen LogP contribution is -2.23. The number of hydrogen-bond donors (Lipinski definition) is 3. The number of carboxylic acid groups (broad SMARTS) is 1. The Bertz CT molecular complexity index is 551. The first-order chi connectivity index (χ1) is 9.43. The number of ether oxygens (including phenoxy) is 2. The molecule has 0 aliphatic carbocycles. The van der Waals surface area contributed by atoms with Crippen LogP contribution in [-0.2, 0) is 4.79 Å². The molecule has 0 aromatic heterocycles. The number of nitrogens with one attached hydrogen (secondary N) is 1. The summed E-state index contributed by atoms with van der Waals surface area (Å²) >= 11 is 10.6. The maximum atomic E-state index is 10.5. The van der Waals surface area contributed by atoms with Gasteiger partial charge in [0.05, 0.1) is 18.3 Å². The molecule has 0 aliphatic heterocycles. The summed E-state index contributed by atoms with van der Waals surface area (Å²) in [5.41, 5.74) is 8.20. The van der Waals surface area contributed by atoms with Gasteiger partial charge in [0.25, 0.3) is 0 Å². The van der Waals surface area contributed by atoms with Crippen molar-refractivity contribution in [3.05, 3.63) is 22.7 Å². The molecule has 1 aromatic carbocycles. The fourth-order valence-corrected chi connectivity index (χ4v) is 1.59. The van der Waals surface area contributed by atoms with Crippen molar-refractivity contribution < 1.29 is 19.4 Å². The van der Waals surface area contributed by atoms with Crippen molar-refractivity contribution in [2.75, 3.05) is 13.7 Å². The topological polar surface area (TPSA) is 106 Å². The fourth-order valence-electron chi connectivity index (χ4n) is 1.26. The smallest absolute Gasteiger partial charge is 0.341 e. The molecule has 108 valence electrons. The van der Waals surface area contributed by atoms with Crippen LogP contribution >= 0.6 is 23.8 Å². The normalized spacial score (nSPS) is 10.3. The molecule has 0 aliphatic rings. The SMILES string of the molecule is COc1cc(C=NNC(N)=S)cc(Cl)c1OCC(=O)O. The van der Waals surface area contributed by atoms with Gasteiger partial charge in [-0.15, -0.1) is 0 Å². The van der Waals surface area contributed by atoms with Crippen LogP contribution in [0.15, 0.2) is 17.2 Å². The number of carboxylic acids is 1. The molecule has 1 aromatic rings. The number of hydrogen-bond acceptors (Lipinski definition) is 5. The predicted octanol–water partition coefficient (Wildman–Crippen LogP) is 0.979. The Morgan fingerprint density at radius 2 is 2.35 bits per heavy atom. The highest BCUT2D eigenvalue weighted by Gasteiger charge is 2.12. The van der Waals surface area contributed by atoms with Crippen molar-refractivity contribution in [3.8, 4) is 11.5 Å². The Hall–Kier alpha value is -2.06. The number of nitrogens with zero attached hydrogens (tertiary/aromatic N) is 1. The van der Waals surface area contributed by atoms with Gasteiger partial charge in [0.15, 0.2) is 23.2 Å².